The molecule has 0 aliphatic carbocycles. The van der Waals surface area contributed by atoms with Crippen LogP contribution in [-0.4, -0.2) is 0 Å². The van der Waals surface area contributed by atoms with Crippen LogP contribution in [0.1, 0.15) is 55.6 Å². The van der Waals surface area contributed by atoms with Gasteiger partial charge in [0.05, 0.1) is 0 Å². The Balaban J connectivity index is 0. The topological polar surface area (TPSA) is 0 Å². The summed E-state index contributed by atoms with van der Waals surface area (Å²) in [6.07, 6.45) is 0. The Bertz CT molecular complexity index is 461. The summed E-state index contributed by atoms with van der Waals surface area (Å²) in [5, 5.41) is 0. The zero-order valence-corrected chi connectivity index (χ0v) is 22.6. The third kappa shape index (κ3) is 7.75. The molecule has 0 spiro atoms. The van der Waals surface area contributed by atoms with Crippen molar-refractivity contribution in [1.82, 2.24) is 0 Å². The molecule has 0 saturated heterocycles. The standard InChI is InChI=1S/2C10H15.3ClH.2Rh/c2*1-6-7(2)9(4)10(5)8(6)3;;;;;/h2*1-5H3;3*1H;;/q-5;-1;;;;;+3. The van der Waals surface area contributed by atoms with Crippen LogP contribution >= 0.6 is 0 Å². The first-order chi connectivity index (χ1) is 10.8. The normalized spacial score (nSPS) is 10.2. The van der Waals surface area contributed by atoms with Crippen molar-refractivity contribution in [3.63, 3.8) is 0 Å². The molecule has 0 heterocycles. The molecule has 1 radical (unpaired) electrons. The summed E-state index contributed by atoms with van der Waals surface area (Å²) < 4.78 is 0. The molecule has 0 fully saturated rings. The van der Waals surface area contributed by atoms with E-state index in [1.54, 1.807) is 0 Å². The molecule has 0 aliphatic heterocycles. The molecule has 2 aromatic rings. The van der Waals surface area contributed by atoms with Crippen LogP contribution in [0.5, 0.6) is 0 Å². The second-order valence-electron chi connectivity index (χ2n) is 6.42. The molecular weight excluding hydrogens is 552 g/mol. The van der Waals surface area contributed by atoms with E-state index in [4.69, 9.17) is 0 Å². The minimum Gasteiger partial charge on any atom is 0 e. The maximum absolute atomic E-state index is 4.38. The summed E-state index contributed by atoms with van der Waals surface area (Å²) in [5.41, 5.74) is 14.7. The Labute approximate surface area is 185 Å². The minimum absolute atomic E-state index is 0. The van der Waals surface area contributed by atoms with E-state index in [0.717, 1.165) is 0 Å². The fourth-order valence-corrected chi connectivity index (χ4v) is 2.81. The van der Waals surface area contributed by atoms with Crippen LogP contribution in [0, 0.1) is 98.3 Å². The Morgan fingerprint density at radius 2 is 0.720 bits per heavy atom. The van der Waals surface area contributed by atoms with Gasteiger partial charge in [0.2, 0.25) is 0 Å². The first-order valence-electron chi connectivity index (χ1n) is 7.91. The van der Waals surface area contributed by atoms with E-state index in [0.29, 0.717) is 0 Å². The SMILES string of the molecule is C[c-]1[c-](C)[c-](C)[c-](C)[c-]1C.Cc1c(C)c(C)[c-](C)c1C.[ClH+][Rh]([ClH+])[ClH+].[Rh]. The van der Waals surface area contributed by atoms with Gasteiger partial charge in [-0.15, -0.1) is 0 Å². The first kappa shape index (κ1) is 28.0. The van der Waals surface area contributed by atoms with Gasteiger partial charge in [0.25, 0.3) is 0 Å². The van der Waals surface area contributed by atoms with E-state index >= 15 is 0 Å². The van der Waals surface area contributed by atoms with E-state index < -0.39 is 13.0 Å². The zero-order valence-electron chi connectivity index (χ0n) is 16.9. The molecule has 0 unspecified atom stereocenters. The second kappa shape index (κ2) is 12.3. The van der Waals surface area contributed by atoms with Gasteiger partial charge < -0.3 is 27.8 Å². The third-order valence-corrected chi connectivity index (χ3v) is 5.62. The molecule has 5 heteroatoms. The van der Waals surface area contributed by atoms with Gasteiger partial charge in [0.15, 0.2) is 0 Å². The van der Waals surface area contributed by atoms with Crippen molar-refractivity contribution >= 4 is 0 Å². The molecule has 0 atom stereocenters. The van der Waals surface area contributed by atoms with Gasteiger partial charge in [0.1, 0.15) is 0 Å². The van der Waals surface area contributed by atoms with Gasteiger partial charge in [-0.2, -0.15) is 27.8 Å². The average Bonchev–Trinajstić information content (AvgIpc) is 2.78. The van der Waals surface area contributed by atoms with Crippen LogP contribution in [0.2, 0.25) is 0 Å². The molecule has 0 aliphatic rings. The smallest absolute Gasteiger partial charge is 0 e. The van der Waals surface area contributed by atoms with Crippen LogP contribution in [-0.2, 0) is 32.5 Å². The average molecular weight is 586 g/mol. The molecule has 2 aromatic carbocycles. The largest absolute Gasteiger partial charge is 0 e. The Morgan fingerprint density at radius 3 is 0.800 bits per heavy atom. The molecule has 0 aromatic heterocycles. The monoisotopic (exact) mass is 584 g/mol. The van der Waals surface area contributed by atoms with Crippen molar-refractivity contribution in [2.45, 2.75) is 69.2 Å². The summed E-state index contributed by atoms with van der Waals surface area (Å²) in [5.74, 6) is 0. The van der Waals surface area contributed by atoms with E-state index in [-0.39, 0.29) is 19.5 Å². The number of hydrogen-bond donors (Lipinski definition) is 0. The van der Waals surface area contributed by atoms with Crippen molar-refractivity contribution in [1.29, 1.82) is 0 Å². The number of hydrogen-bond acceptors (Lipinski definition) is 0. The van der Waals surface area contributed by atoms with E-state index in [1.165, 1.54) is 55.6 Å². The predicted molar refractivity (Wildman–Crippen MR) is 95.6 cm³/mol. The van der Waals surface area contributed by atoms with E-state index in [2.05, 4.69) is 98.3 Å². The third-order valence-electron chi connectivity index (χ3n) is 5.62. The van der Waals surface area contributed by atoms with Crippen LogP contribution in [0.15, 0.2) is 0 Å². The molecular formula is C20H33Cl3Rh2-3. The quantitative estimate of drug-likeness (QED) is 0.299. The molecule has 0 bridgehead atoms. The van der Waals surface area contributed by atoms with Gasteiger partial charge in [0, 0.05) is 19.5 Å². The Hall–Kier alpha value is 0.817. The summed E-state index contributed by atoms with van der Waals surface area (Å²) in [6.45, 7) is 22.0. The van der Waals surface area contributed by atoms with Gasteiger partial charge >= 0.3 is 42.1 Å². The van der Waals surface area contributed by atoms with Crippen molar-refractivity contribution in [3.05, 3.63) is 55.6 Å². The van der Waals surface area contributed by atoms with Crippen molar-refractivity contribution < 1.29 is 61.5 Å². The fraction of sp³-hybridized carbons (Fsp3) is 0.500. The maximum Gasteiger partial charge on any atom is 0 e. The maximum atomic E-state index is 4.38. The summed E-state index contributed by atoms with van der Waals surface area (Å²) in [4.78, 5) is 0. The molecule has 0 saturated carbocycles. The van der Waals surface area contributed by atoms with Gasteiger partial charge in [-0.25, -0.2) is 34.6 Å². The van der Waals surface area contributed by atoms with Gasteiger partial charge in [-0.1, -0.05) is 34.6 Å². The minimum atomic E-state index is -1.33. The van der Waals surface area contributed by atoms with Gasteiger partial charge in [-0.3, -0.25) is 0 Å². The van der Waals surface area contributed by atoms with Crippen molar-refractivity contribution in [2.75, 3.05) is 0 Å². The molecule has 0 nitrogen and oxygen atoms in total. The van der Waals surface area contributed by atoms with Crippen molar-refractivity contribution in [2.24, 2.45) is 0 Å². The molecule has 0 N–H and O–H groups in total. The Morgan fingerprint density at radius 1 is 0.560 bits per heavy atom. The zero-order chi connectivity index (χ0) is 19.4. The number of halogens is 3. The van der Waals surface area contributed by atoms with Crippen LogP contribution in [0.25, 0.3) is 0 Å². The molecule has 155 valence electrons. The summed E-state index contributed by atoms with van der Waals surface area (Å²) >= 11 is -1.33. The predicted octanol–water partition coefficient (Wildman–Crippen LogP) is 5.09. The number of rotatable bonds is 0. The second-order valence-corrected chi connectivity index (χ2v) is 15.1. The molecule has 2 rings (SSSR count). The van der Waals surface area contributed by atoms with E-state index in [9.17, 15) is 0 Å². The molecule has 25 heavy (non-hydrogen) atoms. The van der Waals surface area contributed by atoms with Crippen LogP contribution < -0.4 is 0 Å². The van der Waals surface area contributed by atoms with Crippen LogP contribution in [0.3, 0.4) is 0 Å². The van der Waals surface area contributed by atoms with Gasteiger partial charge in [-0.05, 0) is 0 Å². The Kier molecular flexibility index (Phi) is 13.8. The first-order valence-corrected chi connectivity index (χ1v) is 14.7. The fourth-order valence-electron chi connectivity index (χ4n) is 2.81. The summed E-state index contributed by atoms with van der Waals surface area (Å²) in [7, 11) is 13.1. The molecule has 0 amide bonds. The van der Waals surface area contributed by atoms with Crippen LogP contribution in [0.4, 0.5) is 0 Å². The summed E-state index contributed by atoms with van der Waals surface area (Å²) in [6, 6.07) is 0. The van der Waals surface area contributed by atoms with Crippen molar-refractivity contribution in [3.8, 4) is 0 Å². The van der Waals surface area contributed by atoms with E-state index in [1.807, 2.05) is 0 Å².